The number of rotatable bonds is 6. The van der Waals surface area contributed by atoms with Gasteiger partial charge in [-0.2, -0.15) is 0 Å². The lowest BCUT2D eigenvalue weighted by molar-refractivity contribution is -0.139. The smallest absolute Gasteiger partial charge is 0.316 e. The largest absolute Gasteiger partial charge is 0.465 e. The van der Waals surface area contributed by atoms with Crippen LogP contribution in [-0.2, 0) is 9.53 Å². The number of hydrogen-bond acceptors (Lipinski definition) is 7. The van der Waals surface area contributed by atoms with Gasteiger partial charge in [0.25, 0.3) is 5.56 Å². The summed E-state index contributed by atoms with van der Waals surface area (Å²) in [6.07, 6.45) is 5.27. The minimum absolute atomic E-state index is 0.0608. The molecule has 1 saturated carbocycles. The van der Waals surface area contributed by atoms with Gasteiger partial charge in [-0.15, -0.1) is 0 Å². The molecule has 0 saturated heterocycles. The number of fused-ring (bicyclic) bond motifs is 1. The number of carbonyl (C=O) groups excluding carboxylic acids is 1. The molecule has 170 valence electrons. The molecule has 9 heteroatoms. The molecule has 32 heavy (non-hydrogen) atoms. The van der Waals surface area contributed by atoms with Crippen LogP contribution >= 0.6 is 35.3 Å². The molecule has 0 aliphatic heterocycles. The number of aryl methyl sites for hydroxylation is 2. The molecule has 3 aromatic rings. The molecule has 1 aliphatic rings. The maximum Gasteiger partial charge on any atom is 0.316 e. The maximum absolute atomic E-state index is 13.7. The first-order valence-electron chi connectivity index (χ1n) is 11.0. The molecule has 1 fully saturated rings. The molecule has 0 spiro atoms. The highest BCUT2D eigenvalue weighted by molar-refractivity contribution is 7.99. The molecule has 2 aromatic heterocycles. The summed E-state index contributed by atoms with van der Waals surface area (Å²) in [4.78, 5) is 30.7. The van der Waals surface area contributed by atoms with Crippen molar-refractivity contribution in [1.29, 1.82) is 0 Å². The summed E-state index contributed by atoms with van der Waals surface area (Å²) in [5.74, 6) is -0.189. The van der Waals surface area contributed by atoms with Gasteiger partial charge >= 0.3 is 5.97 Å². The summed E-state index contributed by atoms with van der Waals surface area (Å²) in [5.41, 5.74) is 3.61. The van der Waals surface area contributed by atoms with E-state index < -0.39 is 0 Å². The van der Waals surface area contributed by atoms with Crippen molar-refractivity contribution in [2.75, 3.05) is 12.4 Å². The molecule has 0 unspecified atom stereocenters. The van der Waals surface area contributed by atoms with Gasteiger partial charge in [-0.1, -0.05) is 60.6 Å². The first-order valence-corrected chi connectivity index (χ1v) is 13.2. The first-order chi connectivity index (χ1) is 15.4. The molecule has 2 heterocycles. The Morgan fingerprint density at radius 3 is 2.59 bits per heavy atom. The Labute approximate surface area is 200 Å². The molecule has 1 aliphatic carbocycles. The zero-order valence-electron chi connectivity index (χ0n) is 18.6. The number of thiazole rings is 1. The summed E-state index contributed by atoms with van der Waals surface area (Å²) in [6.45, 7) is 6.19. The van der Waals surface area contributed by atoms with Crippen molar-refractivity contribution in [1.82, 2.24) is 14.1 Å². The number of para-hydroxylation sites is 1. The predicted molar refractivity (Wildman–Crippen MR) is 133 cm³/mol. The fourth-order valence-electron chi connectivity index (χ4n) is 4.39. The van der Waals surface area contributed by atoms with E-state index in [0.29, 0.717) is 26.1 Å². The Morgan fingerprint density at radius 1 is 1.25 bits per heavy atom. The summed E-state index contributed by atoms with van der Waals surface area (Å²) in [5, 5.41) is 0.565. The van der Waals surface area contributed by atoms with Crippen molar-refractivity contribution in [3.63, 3.8) is 0 Å². The fraction of sp³-hybridized carbons (Fsp3) is 0.478. The number of nitrogens with zero attached hydrogens (tertiary/aromatic N) is 3. The van der Waals surface area contributed by atoms with E-state index in [4.69, 9.17) is 21.9 Å². The first kappa shape index (κ1) is 23.2. The van der Waals surface area contributed by atoms with Gasteiger partial charge in [-0.25, -0.2) is 4.98 Å². The van der Waals surface area contributed by atoms with E-state index >= 15 is 0 Å². The molecular weight excluding hydrogens is 462 g/mol. The molecule has 0 amide bonds. The van der Waals surface area contributed by atoms with Gasteiger partial charge in [0.05, 0.1) is 18.0 Å². The molecule has 0 bridgehead atoms. The van der Waals surface area contributed by atoms with Crippen LogP contribution in [0.5, 0.6) is 0 Å². The SMILES string of the molecule is CCOC(=O)CSc1nc2c(sc(=S)n2-c2c(C)cccc2C)c(=O)n1C1CCCCC1. The lowest BCUT2D eigenvalue weighted by atomic mass is 9.95. The molecular formula is C23H27N3O3S3. The van der Waals surface area contributed by atoms with Crippen LogP contribution in [0, 0.1) is 17.8 Å². The van der Waals surface area contributed by atoms with Crippen LogP contribution in [-0.4, -0.2) is 32.4 Å². The summed E-state index contributed by atoms with van der Waals surface area (Å²) in [7, 11) is 0. The van der Waals surface area contributed by atoms with Gasteiger partial charge < -0.3 is 4.74 Å². The summed E-state index contributed by atoms with van der Waals surface area (Å²) in [6, 6.07) is 6.18. The topological polar surface area (TPSA) is 66.1 Å². The van der Waals surface area contributed by atoms with E-state index in [1.807, 2.05) is 41.2 Å². The van der Waals surface area contributed by atoms with Crippen LogP contribution in [0.4, 0.5) is 0 Å². The van der Waals surface area contributed by atoms with Gasteiger partial charge in [0.15, 0.2) is 14.8 Å². The Bertz CT molecular complexity index is 1250. The van der Waals surface area contributed by atoms with Crippen molar-refractivity contribution in [3.8, 4) is 5.69 Å². The third-order valence-corrected chi connectivity index (χ3v) is 8.11. The van der Waals surface area contributed by atoms with E-state index in [2.05, 4.69) is 0 Å². The van der Waals surface area contributed by atoms with Crippen molar-refractivity contribution in [2.24, 2.45) is 0 Å². The van der Waals surface area contributed by atoms with E-state index in [1.54, 1.807) is 6.92 Å². The molecule has 4 rings (SSSR count). The van der Waals surface area contributed by atoms with Gasteiger partial charge in [-0.05, 0) is 57.0 Å². The van der Waals surface area contributed by atoms with Crippen molar-refractivity contribution in [2.45, 2.75) is 64.1 Å². The van der Waals surface area contributed by atoms with Crippen LogP contribution in [0.2, 0.25) is 0 Å². The number of esters is 1. The fourth-order valence-corrected chi connectivity index (χ4v) is 6.53. The lowest BCUT2D eigenvalue weighted by Gasteiger charge is -2.25. The minimum Gasteiger partial charge on any atom is -0.465 e. The second kappa shape index (κ2) is 9.89. The average molecular weight is 490 g/mol. The number of aromatic nitrogens is 3. The summed E-state index contributed by atoms with van der Waals surface area (Å²) < 4.78 is 10.0. The highest BCUT2D eigenvalue weighted by Crippen LogP contribution is 2.33. The Kier molecular flexibility index (Phi) is 7.17. The van der Waals surface area contributed by atoms with Crippen LogP contribution in [0.25, 0.3) is 16.0 Å². The minimum atomic E-state index is -0.307. The van der Waals surface area contributed by atoms with Crippen molar-refractivity contribution < 1.29 is 9.53 Å². The number of thioether (sulfide) groups is 1. The van der Waals surface area contributed by atoms with E-state index in [1.165, 1.54) is 29.5 Å². The molecule has 0 N–H and O–H groups in total. The highest BCUT2D eigenvalue weighted by Gasteiger charge is 2.25. The molecule has 1 aromatic carbocycles. The third kappa shape index (κ3) is 4.43. The predicted octanol–water partition coefficient (Wildman–Crippen LogP) is 5.76. The monoisotopic (exact) mass is 489 g/mol. The normalized spacial score (nSPS) is 14.7. The van der Waals surface area contributed by atoms with E-state index in [0.717, 1.165) is 42.5 Å². The Morgan fingerprint density at radius 2 is 1.94 bits per heavy atom. The van der Waals surface area contributed by atoms with Gasteiger partial charge in [0.1, 0.15) is 4.70 Å². The lowest BCUT2D eigenvalue weighted by Crippen LogP contribution is -2.29. The van der Waals surface area contributed by atoms with E-state index in [9.17, 15) is 9.59 Å². The summed E-state index contributed by atoms with van der Waals surface area (Å²) >= 11 is 8.30. The van der Waals surface area contributed by atoms with Crippen LogP contribution in [0.15, 0.2) is 28.2 Å². The zero-order valence-corrected chi connectivity index (χ0v) is 21.0. The second-order valence-corrected chi connectivity index (χ2v) is 10.6. The Hall–Kier alpha value is -1.97. The number of ether oxygens (including phenoxy) is 1. The van der Waals surface area contributed by atoms with Gasteiger partial charge in [0.2, 0.25) is 0 Å². The number of hydrogen-bond donors (Lipinski definition) is 0. The molecule has 6 nitrogen and oxygen atoms in total. The van der Waals surface area contributed by atoms with Crippen molar-refractivity contribution in [3.05, 3.63) is 43.6 Å². The number of benzene rings is 1. The molecule has 0 atom stereocenters. The quantitative estimate of drug-likeness (QED) is 0.190. The zero-order chi connectivity index (χ0) is 22.8. The van der Waals surface area contributed by atoms with Gasteiger partial charge in [0, 0.05) is 6.04 Å². The third-order valence-electron chi connectivity index (χ3n) is 5.83. The maximum atomic E-state index is 13.7. The van der Waals surface area contributed by atoms with Crippen LogP contribution in [0.3, 0.4) is 0 Å². The van der Waals surface area contributed by atoms with E-state index in [-0.39, 0.29) is 23.3 Å². The number of carbonyl (C=O) groups is 1. The van der Waals surface area contributed by atoms with Crippen LogP contribution in [0.1, 0.15) is 56.2 Å². The molecule has 0 radical (unpaired) electrons. The van der Waals surface area contributed by atoms with Gasteiger partial charge in [-0.3, -0.25) is 18.7 Å². The highest BCUT2D eigenvalue weighted by atomic mass is 32.2. The van der Waals surface area contributed by atoms with Crippen LogP contribution < -0.4 is 5.56 Å². The second-order valence-electron chi connectivity index (χ2n) is 8.05. The Balaban J connectivity index is 1.92. The van der Waals surface area contributed by atoms with Crippen molar-refractivity contribution >= 4 is 51.6 Å². The standard InChI is InChI=1S/C23H27N3O3S3/c1-4-29-17(27)13-31-22-24-20-19(21(28)25(22)16-11-6-5-7-12-16)32-23(30)26(20)18-14(2)9-8-10-15(18)3/h8-10,16H,4-7,11-13H2,1-3H3. The average Bonchev–Trinajstić information content (AvgIpc) is 3.09.